The highest BCUT2D eigenvalue weighted by Gasteiger charge is 2.23. The number of rotatable bonds is 5. The molecule has 2 aromatic carbocycles. The molecule has 0 bridgehead atoms. The van der Waals surface area contributed by atoms with E-state index in [0.29, 0.717) is 39.0 Å². The largest absolute Gasteiger partial charge is 0.339 e. The number of benzene rings is 2. The van der Waals surface area contributed by atoms with Gasteiger partial charge in [0.1, 0.15) is 0 Å². The molecule has 26 heavy (non-hydrogen) atoms. The zero-order chi connectivity index (χ0) is 18.4. The van der Waals surface area contributed by atoms with Crippen molar-refractivity contribution in [2.45, 2.75) is 26.2 Å². The lowest BCUT2D eigenvalue weighted by molar-refractivity contribution is -0.139. The van der Waals surface area contributed by atoms with E-state index >= 15 is 0 Å². The van der Waals surface area contributed by atoms with E-state index in [2.05, 4.69) is 19.1 Å². The zero-order valence-corrected chi connectivity index (χ0v) is 15.4. The molecule has 0 aliphatic carbocycles. The average molecular weight is 350 g/mol. The lowest BCUT2D eigenvalue weighted by atomic mass is 10.0. The molecule has 1 heterocycles. The summed E-state index contributed by atoms with van der Waals surface area (Å²) in [5.74, 6) is 0.326. The molecular formula is C22H26N2O2. The summed E-state index contributed by atoms with van der Waals surface area (Å²) in [4.78, 5) is 28.7. The van der Waals surface area contributed by atoms with Gasteiger partial charge in [0, 0.05) is 32.6 Å². The fourth-order valence-electron chi connectivity index (χ4n) is 3.38. The molecule has 0 radical (unpaired) electrons. The van der Waals surface area contributed by atoms with E-state index in [9.17, 15) is 9.59 Å². The topological polar surface area (TPSA) is 40.6 Å². The Morgan fingerprint density at radius 2 is 1.38 bits per heavy atom. The second-order valence-electron chi connectivity index (χ2n) is 6.85. The Balaban J connectivity index is 1.45. The standard InChI is InChI=1S/C22H26N2O2/c1-18-7-5-6-10-20(18)11-12-21(25)23-13-15-24(16-14-23)22(26)17-19-8-3-2-4-9-19/h2-10H,11-17H2,1H3. The van der Waals surface area contributed by atoms with E-state index in [1.165, 1.54) is 11.1 Å². The number of carbonyl (C=O) groups is 2. The summed E-state index contributed by atoms with van der Waals surface area (Å²) in [6.45, 7) is 4.60. The van der Waals surface area contributed by atoms with Gasteiger partial charge in [-0.25, -0.2) is 0 Å². The number of carbonyl (C=O) groups excluding carboxylic acids is 2. The van der Waals surface area contributed by atoms with Crippen molar-refractivity contribution in [1.82, 2.24) is 9.80 Å². The first-order valence-corrected chi connectivity index (χ1v) is 9.27. The molecule has 4 heteroatoms. The van der Waals surface area contributed by atoms with Crippen LogP contribution in [0.1, 0.15) is 23.1 Å². The Kier molecular flexibility index (Phi) is 6.05. The van der Waals surface area contributed by atoms with Crippen LogP contribution in [-0.2, 0) is 22.4 Å². The third kappa shape index (κ3) is 4.72. The van der Waals surface area contributed by atoms with E-state index in [4.69, 9.17) is 0 Å². The van der Waals surface area contributed by atoms with Crippen molar-refractivity contribution < 1.29 is 9.59 Å². The number of piperazine rings is 1. The van der Waals surface area contributed by atoms with Crippen LogP contribution in [0.2, 0.25) is 0 Å². The van der Waals surface area contributed by atoms with Crippen LogP contribution >= 0.6 is 0 Å². The molecule has 1 fully saturated rings. The quantitative estimate of drug-likeness (QED) is 0.832. The Morgan fingerprint density at radius 1 is 0.808 bits per heavy atom. The van der Waals surface area contributed by atoms with E-state index in [1.54, 1.807) is 0 Å². The van der Waals surface area contributed by atoms with Gasteiger partial charge >= 0.3 is 0 Å². The smallest absolute Gasteiger partial charge is 0.227 e. The first-order valence-electron chi connectivity index (χ1n) is 9.27. The number of aryl methyl sites for hydroxylation is 2. The Hall–Kier alpha value is -2.62. The van der Waals surface area contributed by atoms with Crippen molar-refractivity contribution in [2.24, 2.45) is 0 Å². The zero-order valence-electron chi connectivity index (χ0n) is 15.4. The molecule has 1 aliphatic rings. The summed E-state index contributed by atoms with van der Waals surface area (Å²) in [6, 6.07) is 18.0. The lowest BCUT2D eigenvalue weighted by Crippen LogP contribution is -2.51. The van der Waals surface area contributed by atoms with Gasteiger partial charge in [0.15, 0.2) is 0 Å². The van der Waals surface area contributed by atoms with Crippen LogP contribution in [0.15, 0.2) is 54.6 Å². The van der Waals surface area contributed by atoms with Crippen molar-refractivity contribution in [3.8, 4) is 0 Å². The van der Waals surface area contributed by atoms with Gasteiger partial charge in [-0.15, -0.1) is 0 Å². The molecule has 136 valence electrons. The number of hydrogen-bond acceptors (Lipinski definition) is 2. The van der Waals surface area contributed by atoms with Crippen LogP contribution < -0.4 is 0 Å². The average Bonchev–Trinajstić information content (AvgIpc) is 2.68. The summed E-state index contributed by atoms with van der Waals surface area (Å²) in [7, 11) is 0. The van der Waals surface area contributed by atoms with Crippen LogP contribution in [0.25, 0.3) is 0 Å². The highest BCUT2D eigenvalue weighted by Crippen LogP contribution is 2.12. The molecule has 0 unspecified atom stereocenters. The summed E-state index contributed by atoms with van der Waals surface area (Å²) in [6.07, 6.45) is 1.74. The molecule has 0 spiro atoms. The molecule has 0 N–H and O–H groups in total. The predicted molar refractivity (Wildman–Crippen MR) is 103 cm³/mol. The van der Waals surface area contributed by atoms with Gasteiger partial charge in [0.25, 0.3) is 0 Å². The lowest BCUT2D eigenvalue weighted by Gasteiger charge is -2.35. The highest BCUT2D eigenvalue weighted by atomic mass is 16.2. The van der Waals surface area contributed by atoms with Crippen molar-refractivity contribution in [3.05, 3.63) is 71.3 Å². The maximum absolute atomic E-state index is 12.5. The summed E-state index contributed by atoms with van der Waals surface area (Å²) in [5, 5.41) is 0. The van der Waals surface area contributed by atoms with Crippen LogP contribution in [0.5, 0.6) is 0 Å². The predicted octanol–water partition coefficient (Wildman–Crippen LogP) is 2.84. The summed E-state index contributed by atoms with van der Waals surface area (Å²) >= 11 is 0. The van der Waals surface area contributed by atoms with Crippen molar-refractivity contribution in [2.75, 3.05) is 26.2 Å². The van der Waals surface area contributed by atoms with Crippen LogP contribution in [-0.4, -0.2) is 47.8 Å². The van der Waals surface area contributed by atoms with Crippen molar-refractivity contribution in [3.63, 3.8) is 0 Å². The minimum atomic E-state index is 0.142. The van der Waals surface area contributed by atoms with Gasteiger partial charge < -0.3 is 9.80 Å². The molecule has 3 rings (SSSR count). The number of amides is 2. The van der Waals surface area contributed by atoms with Gasteiger partial charge in [-0.1, -0.05) is 54.6 Å². The van der Waals surface area contributed by atoms with Gasteiger partial charge in [-0.05, 0) is 30.0 Å². The second-order valence-corrected chi connectivity index (χ2v) is 6.85. The summed E-state index contributed by atoms with van der Waals surface area (Å²) in [5.41, 5.74) is 3.50. The van der Waals surface area contributed by atoms with E-state index in [1.807, 2.05) is 52.3 Å². The minimum absolute atomic E-state index is 0.142. The molecule has 1 aliphatic heterocycles. The fourth-order valence-corrected chi connectivity index (χ4v) is 3.38. The van der Waals surface area contributed by atoms with Crippen LogP contribution in [0.4, 0.5) is 0 Å². The number of nitrogens with zero attached hydrogens (tertiary/aromatic N) is 2. The third-order valence-corrected chi connectivity index (χ3v) is 5.05. The second kappa shape index (κ2) is 8.65. The third-order valence-electron chi connectivity index (χ3n) is 5.05. The molecule has 0 saturated carbocycles. The minimum Gasteiger partial charge on any atom is -0.339 e. The highest BCUT2D eigenvalue weighted by molar-refractivity contribution is 5.80. The van der Waals surface area contributed by atoms with E-state index in [-0.39, 0.29) is 11.8 Å². The van der Waals surface area contributed by atoms with Gasteiger partial charge in [-0.2, -0.15) is 0 Å². The Labute approximate surface area is 155 Å². The molecule has 2 aromatic rings. The summed E-state index contributed by atoms with van der Waals surface area (Å²) < 4.78 is 0. The van der Waals surface area contributed by atoms with Crippen LogP contribution in [0, 0.1) is 6.92 Å². The van der Waals surface area contributed by atoms with Gasteiger partial charge in [0.2, 0.25) is 11.8 Å². The molecule has 1 saturated heterocycles. The fraction of sp³-hybridized carbons (Fsp3) is 0.364. The van der Waals surface area contributed by atoms with E-state index < -0.39 is 0 Å². The maximum atomic E-state index is 12.5. The van der Waals surface area contributed by atoms with Gasteiger partial charge in [0.05, 0.1) is 6.42 Å². The number of hydrogen-bond donors (Lipinski definition) is 0. The van der Waals surface area contributed by atoms with Crippen LogP contribution in [0.3, 0.4) is 0 Å². The van der Waals surface area contributed by atoms with Crippen molar-refractivity contribution in [1.29, 1.82) is 0 Å². The van der Waals surface area contributed by atoms with Gasteiger partial charge in [-0.3, -0.25) is 9.59 Å². The normalized spacial score (nSPS) is 14.3. The molecule has 0 atom stereocenters. The van der Waals surface area contributed by atoms with Crippen molar-refractivity contribution >= 4 is 11.8 Å². The molecule has 2 amide bonds. The molecular weight excluding hydrogens is 324 g/mol. The molecule has 0 aromatic heterocycles. The van der Waals surface area contributed by atoms with E-state index in [0.717, 1.165) is 12.0 Å². The molecule has 4 nitrogen and oxygen atoms in total. The first kappa shape index (κ1) is 18.2. The monoisotopic (exact) mass is 350 g/mol. The SMILES string of the molecule is Cc1ccccc1CCC(=O)N1CCN(C(=O)Cc2ccccc2)CC1. The Morgan fingerprint density at radius 3 is 2.04 bits per heavy atom. The Bertz CT molecular complexity index is 750. The maximum Gasteiger partial charge on any atom is 0.227 e. The first-order chi connectivity index (χ1) is 12.6.